The van der Waals surface area contributed by atoms with E-state index in [4.69, 9.17) is 0 Å². The van der Waals surface area contributed by atoms with Crippen molar-refractivity contribution in [2.24, 2.45) is 0 Å². The average Bonchev–Trinajstić information content (AvgIpc) is 2.38. The third kappa shape index (κ3) is 5.53. The first-order chi connectivity index (χ1) is 9.17. The summed E-state index contributed by atoms with van der Waals surface area (Å²) < 4.78 is 0. The average molecular weight is 258 g/mol. The first-order valence-electron chi connectivity index (χ1n) is 6.42. The molecule has 0 aliphatic rings. The number of nitrogens with zero attached hydrogens (tertiary/aromatic N) is 1. The molecule has 0 fully saturated rings. The highest BCUT2D eigenvalue weighted by Gasteiger charge is 2.08. The normalized spacial score (nSPS) is 10.2. The highest BCUT2D eigenvalue weighted by atomic mass is 16.2. The molecule has 1 aromatic carbocycles. The summed E-state index contributed by atoms with van der Waals surface area (Å²) in [5.74, 6) is 0.0203. The maximum absolute atomic E-state index is 11.9. The van der Waals surface area contributed by atoms with Crippen LogP contribution in [0.3, 0.4) is 0 Å². The summed E-state index contributed by atoms with van der Waals surface area (Å²) in [6, 6.07) is 8.05. The van der Waals surface area contributed by atoms with Crippen molar-refractivity contribution in [3.05, 3.63) is 60.7 Å². The number of amides is 1. The maximum atomic E-state index is 11.9. The molecule has 19 heavy (non-hydrogen) atoms. The van der Waals surface area contributed by atoms with Gasteiger partial charge in [-0.2, -0.15) is 0 Å². The minimum Gasteiger partial charge on any atom is -0.351 e. The summed E-state index contributed by atoms with van der Waals surface area (Å²) in [5.41, 5.74) is 2.34. The zero-order valence-electron chi connectivity index (χ0n) is 11.6. The highest BCUT2D eigenvalue weighted by molar-refractivity contribution is 5.78. The van der Waals surface area contributed by atoms with Crippen LogP contribution < -0.4 is 5.32 Å². The molecule has 3 nitrogen and oxygen atoms in total. The van der Waals surface area contributed by atoms with Gasteiger partial charge in [0, 0.05) is 19.6 Å². The van der Waals surface area contributed by atoms with Crippen LogP contribution in [0.2, 0.25) is 0 Å². The van der Waals surface area contributed by atoms with Gasteiger partial charge >= 0.3 is 0 Å². The number of carbonyl (C=O) groups is 1. The molecule has 0 heterocycles. The van der Waals surface area contributed by atoms with Crippen molar-refractivity contribution in [2.45, 2.75) is 13.5 Å². The number of carbonyl (C=O) groups excluding carboxylic acids is 1. The van der Waals surface area contributed by atoms with E-state index in [9.17, 15) is 4.79 Å². The summed E-state index contributed by atoms with van der Waals surface area (Å²) in [5, 5.41) is 2.94. The van der Waals surface area contributed by atoms with Crippen LogP contribution in [0.4, 0.5) is 0 Å². The van der Waals surface area contributed by atoms with Crippen LogP contribution >= 0.6 is 0 Å². The van der Waals surface area contributed by atoms with Crippen molar-refractivity contribution in [3.63, 3.8) is 0 Å². The Kier molecular flexibility index (Phi) is 6.61. The van der Waals surface area contributed by atoms with Gasteiger partial charge in [0.25, 0.3) is 0 Å². The Hall–Kier alpha value is -1.87. The Morgan fingerprint density at radius 1 is 1.26 bits per heavy atom. The largest absolute Gasteiger partial charge is 0.351 e. The van der Waals surface area contributed by atoms with Gasteiger partial charge in [-0.1, -0.05) is 36.4 Å². The van der Waals surface area contributed by atoms with E-state index < -0.39 is 0 Å². The predicted molar refractivity (Wildman–Crippen MR) is 79.9 cm³/mol. The zero-order valence-corrected chi connectivity index (χ0v) is 11.6. The van der Waals surface area contributed by atoms with Crippen molar-refractivity contribution in [1.82, 2.24) is 10.2 Å². The third-order valence-electron chi connectivity index (χ3n) is 2.88. The minimum absolute atomic E-state index is 0.0203. The lowest BCUT2D eigenvalue weighted by atomic mass is 10.1. The number of nitrogens with one attached hydrogen (secondary N) is 1. The second-order valence-electron chi connectivity index (χ2n) is 4.47. The van der Waals surface area contributed by atoms with Gasteiger partial charge in [0.2, 0.25) is 5.91 Å². The second kappa shape index (κ2) is 8.27. The van der Waals surface area contributed by atoms with E-state index in [1.54, 1.807) is 12.2 Å². The topological polar surface area (TPSA) is 32.3 Å². The first kappa shape index (κ1) is 15.2. The van der Waals surface area contributed by atoms with Gasteiger partial charge < -0.3 is 5.32 Å². The van der Waals surface area contributed by atoms with Crippen LogP contribution in [0.25, 0.3) is 0 Å². The molecule has 0 radical (unpaired) electrons. The van der Waals surface area contributed by atoms with Crippen LogP contribution in [0, 0.1) is 6.92 Å². The molecule has 1 aromatic rings. The van der Waals surface area contributed by atoms with Crippen LogP contribution in [0.15, 0.2) is 49.6 Å². The van der Waals surface area contributed by atoms with Crippen molar-refractivity contribution < 1.29 is 4.79 Å². The number of aryl methyl sites for hydroxylation is 1. The molecule has 1 N–H and O–H groups in total. The molecular weight excluding hydrogens is 236 g/mol. The van der Waals surface area contributed by atoms with E-state index in [1.807, 2.05) is 36.1 Å². The van der Waals surface area contributed by atoms with E-state index >= 15 is 0 Å². The molecule has 0 aromatic heterocycles. The molecule has 0 spiro atoms. The third-order valence-corrected chi connectivity index (χ3v) is 2.88. The van der Waals surface area contributed by atoms with E-state index in [-0.39, 0.29) is 5.91 Å². The lowest BCUT2D eigenvalue weighted by molar-refractivity contribution is -0.122. The highest BCUT2D eigenvalue weighted by Crippen LogP contribution is 2.05. The molecule has 0 aliphatic carbocycles. The number of benzene rings is 1. The quantitative estimate of drug-likeness (QED) is 0.726. The monoisotopic (exact) mass is 258 g/mol. The maximum Gasteiger partial charge on any atom is 0.234 e. The second-order valence-corrected chi connectivity index (χ2v) is 4.47. The standard InChI is InChI=1S/C16H22N2O/c1-4-10-18(11-5-2)13-16(19)17-12-15-9-7-6-8-14(15)3/h4-9H,1-2,10-13H2,3H3,(H,17,19). The Labute approximate surface area is 115 Å². The summed E-state index contributed by atoms with van der Waals surface area (Å²) in [7, 11) is 0. The summed E-state index contributed by atoms with van der Waals surface area (Å²) in [4.78, 5) is 13.8. The number of hydrogen-bond donors (Lipinski definition) is 1. The molecule has 0 atom stereocenters. The Bertz CT molecular complexity index is 430. The van der Waals surface area contributed by atoms with Gasteiger partial charge in [-0.05, 0) is 18.1 Å². The number of hydrogen-bond acceptors (Lipinski definition) is 2. The van der Waals surface area contributed by atoms with Gasteiger partial charge in [0.15, 0.2) is 0 Å². The van der Waals surface area contributed by atoms with Gasteiger partial charge in [0.1, 0.15) is 0 Å². The smallest absolute Gasteiger partial charge is 0.234 e. The van der Waals surface area contributed by atoms with Crippen LogP contribution in [-0.4, -0.2) is 30.4 Å². The van der Waals surface area contributed by atoms with Crippen LogP contribution in [0.1, 0.15) is 11.1 Å². The molecule has 0 unspecified atom stereocenters. The van der Waals surface area contributed by atoms with Gasteiger partial charge in [-0.3, -0.25) is 9.69 Å². The fourth-order valence-corrected chi connectivity index (χ4v) is 1.83. The lowest BCUT2D eigenvalue weighted by Crippen LogP contribution is -2.37. The number of rotatable bonds is 8. The lowest BCUT2D eigenvalue weighted by Gasteiger charge is -2.18. The molecule has 3 heteroatoms. The molecule has 0 saturated carbocycles. The van der Waals surface area contributed by atoms with E-state index in [1.165, 1.54) is 5.56 Å². The predicted octanol–water partition coefficient (Wildman–Crippen LogP) is 2.29. The van der Waals surface area contributed by atoms with Crippen molar-refractivity contribution in [3.8, 4) is 0 Å². The first-order valence-corrected chi connectivity index (χ1v) is 6.42. The fraction of sp³-hybridized carbons (Fsp3) is 0.312. The zero-order chi connectivity index (χ0) is 14.1. The van der Waals surface area contributed by atoms with Gasteiger partial charge in [-0.15, -0.1) is 13.2 Å². The van der Waals surface area contributed by atoms with Gasteiger partial charge in [0.05, 0.1) is 6.54 Å². The molecule has 0 aliphatic heterocycles. The van der Waals surface area contributed by atoms with E-state index in [0.717, 1.165) is 5.56 Å². The van der Waals surface area contributed by atoms with Crippen molar-refractivity contribution in [1.29, 1.82) is 0 Å². The molecule has 1 amide bonds. The van der Waals surface area contributed by atoms with Crippen LogP contribution in [0.5, 0.6) is 0 Å². The van der Waals surface area contributed by atoms with Crippen molar-refractivity contribution in [2.75, 3.05) is 19.6 Å². The Morgan fingerprint density at radius 2 is 1.89 bits per heavy atom. The Morgan fingerprint density at radius 3 is 2.47 bits per heavy atom. The summed E-state index contributed by atoms with van der Waals surface area (Å²) >= 11 is 0. The minimum atomic E-state index is 0.0203. The SMILES string of the molecule is C=CCN(CC=C)CC(=O)NCc1ccccc1C. The van der Waals surface area contributed by atoms with E-state index in [0.29, 0.717) is 26.2 Å². The fourth-order valence-electron chi connectivity index (χ4n) is 1.83. The van der Waals surface area contributed by atoms with Crippen molar-refractivity contribution >= 4 is 5.91 Å². The molecule has 1 rings (SSSR count). The van der Waals surface area contributed by atoms with Crippen LogP contribution in [-0.2, 0) is 11.3 Å². The molecule has 0 bridgehead atoms. The van der Waals surface area contributed by atoms with Gasteiger partial charge in [-0.25, -0.2) is 0 Å². The summed E-state index contributed by atoms with van der Waals surface area (Å²) in [6.45, 7) is 11.7. The molecular formula is C16H22N2O. The summed E-state index contributed by atoms with van der Waals surface area (Å²) in [6.07, 6.45) is 3.58. The molecule has 0 saturated heterocycles. The molecule has 102 valence electrons. The van der Waals surface area contributed by atoms with E-state index in [2.05, 4.69) is 18.5 Å². The Balaban J connectivity index is 2.44.